The fourth-order valence-electron chi connectivity index (χ4n) is 7.32. The molecule has 0 amide bonds. The summed E-state index contributed by atoms with van der Waals surface area (Å²) in [5.74, 6) is 4.69. The summed E-state index contributed by atoms with van der Waals surface area (Å²) in [4.78, 5) is 19.8. The van der Waals surface area contributed by atoms with Crippen molar-refractivity contribution in [2.24, 2.45) is 29.1 Å². The first-order valence-corrected chi connectivity index (χ1v) is 13.9. The summed E-state index contributed by atoms with van der Waals surface area (Å²) in [7, 11) is 3.38. The first-order chi connectivity index (χ1) is 18.1. The molecule has 0 unspecified atom stereocenters. The number of esters is 1. The summed E-state index contributed by atoms with van der Waals surface area (Å²) in [5, 5.41) is 4.76. The van der Waals surface area contributed by atoms with Crippen molar-refractivity contribution in [3.8, 4) is 11.5 Å². The van der Waals surface area contributed by atoms with Crippen LogP contribution in [0.1, 0.15) is 44.6 Å². The van der Waals surface area contributed by atoms with Gasteiger partial charge in [0.2, 0.25) is 0 Å². The van der Waals surface area contributed by atoms with E-state index in [4.69, 9.17) is 19.2 Å². The highest BCUT2D eigenvalue weighted by Crippen LogP contribution is 2.69. The molecule has 2 bridgehead atoms. The Hall–Kier alpha value is -2.80. The summed E-state index contributed by atoms with van der Waals surface area (Å²) in [5.41, 5.74) is 2.59. The van der Waals surface area contributed by atoms with E-state index in [-0.39, 0.29) is 11.9 Å². The Morgan fingerprint density at radius 2 is 1.89 bits per heavy atom. The molecular formula is C30H39N3O4. The topological polar surface area (TPSA) is 72.9 Å². The molecule has 1 saturated heterocycles. The molecule has 2 aromatic rings. The van der Waals surface area contributed by atoms with Gasteiger partial charge in [0, 0.05) is 30.6 Å². The number of carbonyl (C=O) groups excluding carboxylic acids is 1. The summed E-state index contributed by atoms with van der Waals surface area (Å²) in [6, 6.07) is 6.08. The highest BCUT2D eigenvalue weighted by molar-refractivity contribution is 5.92. The van der Waals surface area contributed by atoms with Crippen LogP contribution >= 0.6 is 0 Å². The molecule has 0 radical (unpaired) electrons. The zero-order valence-corrected chi connectivity index (χ0v) is 22.3. The number of nitrogens with zero attached hydrogens (tertiary/aromatic N) is 2. The van der Waals surface area contributed by atoms with Crippen molar-refractivity contribution in [3.63, 3.8) is 0 Å². The lowest BCUT2D eigenvalue weighted by molar-refractivity contribution is -0.148. The molecule has 1 aromatic carbocycles. The number of ether oxygens (including phenoxy) is 3. The number of anilines is 1. The van der Waals surface area contributed by atoms with E-state index in [0.29, 0.717) is 12.0 Å². The van der Waals surface area contributed by atoms with Crippen LogP contribution in [-0.4, -0.2) is 51.4 Å². The first kappa shape index (κ1) is 24.5. The van der Waals surface area contributed by atoms with Crippen LogP contribution in [0, 0.1) is 29.1 Å². The highest BCUT2D eigenvalue weighted by atomic mass is 16.5. The normalized spacial score (nSPS) is 25.7. The highest BCUT2D eigenvalue weighted by Gasteiger charge is 2.62. The summed E-state index contributed by atoms with van der Waals surface area (Å²) < 4.78 is 16.6. The van der Waals surface area contributed by atoms with Crippen molar-refractivity contribution in [1.82, 2.24) is 10.3 Å². The lowest BCUT2D eigenvalue weighted by atomic mass is 9.89. The molecule has 7 nitrogen and oxygen atoms in total. The number of piperidine rings is 1. The zero-order valence-electron chi connectivity index (χ0n) is 22.3. The smallest absolute Gasteiger partial charge is 0.309 e. The Bertz CT molecular complexity index is 1200. The van der Waals surface area contributed by atoms with Crippen LogP contribution in [0.5, 0.6) is 11.5 Å². The molecule has 1 aliphatic heterocycles. The third-order valence-corrected chi connectivity index (χ3v) is 9.38. The number of hydrogen-bond donors (Lipinski definition) is 1. The van der Waals surface area contributed by atoms with Gasteiger partial charge in [0.1, 0.15) is 22.8 Å². The Morgan fingerprint density at radius 3 is 2.57 bits per heavy atom. The molecule has 1 spiro atoms. The van der Waals surface area contributed by atoms with Crippen LogP contribution in [0.25, 0.3) is 10.9 Å². The number of aromatic nitrogens is 1. The number of rotatable bonds is 9. The summed E-state index contributed by atoms with van der Waals surface area (Å²) in [6.07, 6.45) is 10.7. The van der Waals surface area contributed by atoms with E-state index in [2.05, 4.69) is 28.4 Å². The first-order valence-electron chi connectivity index (χ1n) is 13.9. The van der Waals surface area contributed by atoms with Gasteiger partial charge in [0.05, 0.1) is 26.7 Å². The number of hydrogen-bond acceptors (Lipinski definition) is 7. The predicted octanol–water partition coefficient (Wildman–Crippen LogP) is 4.72. The molecule has 4 aliphatic rings. The molecule has 198 valence electrons. The molecule has 37 heavy (non-hydrogen) atoms. The number of carbonyl (C=O) groups is 1. The lowest BCUT2D eigenvalue weighted by Gasteiger charge is -2.33. The summed E-state index contributed by atoms with van der Waals surface area (Å²) in [6.45, 7) is 5.64. The Kier molecular flexibility index (Phi) is 6.51. The second-order valence-corrected chi connectivity index (χ2v) is 11.2. The second kappa shape index (κ2) is 9.82. The van der Waals surface area contributed by atoms with E-state index < -0.39 is 0 Å². The maximum atomic E-state index is 12.3. The van der Waals surface area contributed by atoms with Crippen molar-refractivity contribution in [2.75, 3.05) is 45.4 Å². The van der Waals surface area contributed by atoms with Crippen molar-refractivity contribution < 1.29 is 19.0 Å². The van der Waals surface area contributed by atoms with Crippen LogP contribution in [0.3, 0.4) is 0 Å². The average Bonchev–Trinajstić information content (AvgIpc) is 3.60. The maximum Gasteiger partial charge on any atom is 0.309 e. The van der Waals surface area contributed by atoms with Gasteiger partial charge in [-0.3, -0.25) is 4.79 Å². The maximum absolute atomic E-state index is 12.3. The van der Waals surface area contributed by atoms with Gasteiger partial charge in [-0.2, -0.15) is 0 Å². The Labute approximate surface area is 219 Å². The minimum Gasteiger partial charge on any atom is -0.496 e. The van der Waals surface area contributed by atoms with Crippen molar-refractivity contribution in [2.45, 2.75) is 45.6 Å². The number of nitrogens with one attached hydrogen (secondary N) is 1. The van der Waals surface area contributed by atoms with Crippen LogP contribution in [-0.2, 0) is 16.1 Å². The molecular weight excluding hydrogens is 466 g/mol. The minimum absolute atomic E-state index is 0.0338. The van der Waals surface area contributed by atoms with Crippen LogP contribution < -0.4 is 19.7 Å². The molecule has 2 heterocycles. The molecule has 7 heteroatoms. The third-order valence-electron chi connectivity index (χ3n) is 9.38. The van der Waals surface area contributed by atoms with Gasteiger partial charge >= 0.3 is 5.97 Å². The lowest BCUT2D eigenvalue weighted by Crippen LogP contribution is -2.38. The average molecular weight is 506 g/mol. The Morgan fingerprint density at radius 1 is 1.14 bits per heavy atom. The van der Waals surface area contributed by atoms with Gasteiger partial charge in [0.25, 0.3) is 0 Å². The molecule has 3 fully saturated rings. The fraction of sp³-hybridized carbons (Fsp3) is 0.600. The number of benzene rings is 1. The quantitative estimate of drug-likeness (QED) is 0.390. The van der Waals surface area contributed by atoms with E-state index >= 15 is 0 Å². The Balaban J connectivity index is 1.24. The van der Waals surface area contributed by atoms with E-state index in [1.54, 1.807) is 14.2 Å². The second-order valence-electron chi connectivity index (χ2n) is 11.2. The number of allylic oxidation sites excluding steroid dienone is 2. The molecule has 3 atom stereocenters. The van der Waals surface area contributed by atoms with Crippen molar-refractivity contribution in [3.05, 3.63) is 35.9 Å². The van der Waals surface area contributed by atoms with E-state index in [1.807, 2.05) is 19.1 Å². The fourth-order valence-corrected chi connectivity index (χ4v) is 7.32. The third kappa shape index (κ3) is 4.25. The zero-order chi connectivity index (χ0) is 25.6. The molecule has 2 saturated carbocycles. The molecule has 3 aliphatic carbocycles. The van der Waals surface area contributed by atoms with Crippen LogP contribution in [0.4, 0.5) is 5.82 Å². The van der Waals surface area contributed by atoms with Gasteiger partial charge in [0.15, 0.2) is 0 Å². The predicted molar refractivity (Wildman–Crippen MR) is 144 cm³/mol. The largest absolute Gasteiger partial charge is 0.496 e. The van der Waals surface area contributed by atoms with E-state index in [0.717, 1.165) is 90.6 Å². The van der Waals surface area contributed by atoms with Gasteiger partial charge < -0.3 is 24.4 Å². The standard InChI is InChI=1S/C30H39N3O4/c1-4-37-29(34)19-9-13-33(14-10-19)28-21(16-23-25(35-2)7-8-26(36-3)27(23)32-28)18-31-17-20-15-22-5-6-24(20)30(22)11-12-30/h5-8,16,19-20,22,24,31H,4,9-15,17-18H2,1-3H3/t20-,22-,24-/m1/s1. The van der Waals surface area contributed by atoms with Crippen LogP contribution in [0.2, 0.25) is 0 Å². The van der Waals surface area contributed by atoms with Gasteiger partial charge in [-0.1, -0.05) is 12.2 Å². The molecule has 1 aromatic heterocycles. The minimum atomic E-state index is -0.0738. The van der Waals surface area contributed by atoms with E-state index in [1.165, 1.54) is 19.3 Å². The van der Waals surface area contributed by atoms with Crippen molar-refractivity contribution in [1.29, 1.82) is 0 Å². The molecule has 6 rings (SSSR count). The van der Waals surface area contributed by atoms with E-state index in [9.17, 15) is 4.79 Å². The molecule has 1 N–H and O–H groups in total. The van der Waals surface area contributed by atoms with Crippen molar-refractivity contribution >= 4 is 22.7 Å². The van der Waals surface area contributed by atoms with Gasteiger partial charge in [-0.15, -0.1) is 0 Å². The monoisotopic (exact) mass is 505 g/mol. The number of pyridine rings is 1. The van der Waals surface area contributed by atoms with Crippen LogP contribution in [0.15, 0.2) is 30.4 Å². The SMILES string of the molecule is CCOC(=O)C1CCN(c2nc3c(OC)ccc(OC)c3cc2CNC[C@H]2C[C@H]3C=C[C@H]2C32CC2)CC1. The number of fused-ring (bicyclic) bond motifs is 1. The number of methoxy groups -OCH3 is 2. The van der Waals surface area contributed by atoms with Gasteiger partial charge in [-0.05, 0) is 86.9 Å². The summed E-state index contributed by atoms with van der Waals surface area (Å²) >= 11 is 0. The van der Waals surface area contributed by atoms with Gasteiger partial charge in [-0.25, -0.2) is 4.98 Å².